The predicted octanol–water partition coefficient (Wildman–Crippen LogP) is 3.60. The van der Waals surface area contributed by atoms with Crippen LogP contribution in [0.3, 0.4) is 0 Å². The normalized spacial score (nSPS) is 18.7. The lowest BCUT2D eigenvalue weighted by Crippen LogP contribution is -2.49. The van der Waals surface area contributed by atoms with Crippen molar-refractivity contribution in [2.24, 2.45) is 0 Å². The monoisotopic (exact) mass is 437 g/mol. The summed E-state index contributed by atoms with van der Waals surface area (Å²) in [6.45, 7) is 0.800. The lowest BCUT2D eigenvalue weighted by atomic mass is 9.99. The summed E-state index contributed by atoms with van der Waals surface area (Å²) in [6, 6.07) is 8.63. The lowest BCUT2D eigenvalue weighted by molar-refractivity contribution is -0.274. The third kappa shape index (κ3) is 4.57. The van der Waals surface area contributed by atoms with E-state index in [1.165, 1.54) is 28.0 Å². The molecule has 31 heavy (non-hydrogen) atoms. The SMILES string of the molecule is O=C(NC1CCN(c2cccc(OC(F)(F)F)c2)C1=O)N1CCc2c(F)cccc2C1. The highest BCUT2D eigenvalue weighted by Gasteiger charge is 2.36. The molecule has 0 bridgehead atoms. The number of halogens is 4. The number of nitrogens with zero attached hydrogens (tertiary/aromatic N) is 2. The number of fused-ring (bicyclic) bond motifs is 1. The largest absolute Gasteiger partial charge is 0.573 e. The number of carbonyl (C=O) groups excluding carboxylic acids is 2. The molecule has 1 N–H and O–H groups in total. The minimum absolute atomic E-state index is 0.236. The number of rotatable bonds is 3. The fourth-order valence-corrected chi connectivity index (χ4v) is 3.90. The van der Waals surface area contributed by atoms with Gasteiger partial charge in [-0.3, -0.25) is 4.79 Å². The van der Waals surface area contributed by atoms with Crippen LogP contribution in [-0.4, -0.2) is 42.3 Å². The minimum Gasteiger partial charge on any atom is -0.406 e. The zero-order valence-corrected chi connectivity index (χ0v) is 16.3. The van der Waals surface area contributed by atoms with Crippen LogP contribution in [0.25, 0.3) is 0 Å². The molecule has 3 amide bonds. The van der Waals surface area contributed by atoms with Gasteiger partial charge in [0.15, 0.2) is 0 Å². The van der Waals surface area contributed by atoms with Crippen LogP contribution in [0.5, 0.6) is 5.75 Å². The van der Waals surface area contributed by atoms with Crippen LogP contribution in [-0.2, 0) is 17.8 Å². The van der Waals surface area contributed by atoms with Gasteiger partial charge in [-0.2, -0.15) is 0 Å². The first kappa shape index (κ1) is 21.0. The molecule has 0 aliphatic carbocycles. The summed E-state index contributed by atoms with van der Waals surface area (Å²) < 4.78 is 55.1. The van der Waals surface area contributed by atoms with Gasteiger partial charge in [-0.25, -0.2) is 9.18 Å². The maximum Gasteiger partial charge on any atom is 0.573 e. The first-order chi connectivity index (χ1) is 14.7. The zero-order chi connectivity index (χ0) is 22.2. The van der Waals surface area contributed by atoms with Crippen molar-refractivity contribution in [3.05, 3.63) is 59.4 Å². The van der Waals surface area contributed by atoms with Crippen LogP contribution in [0.15, 0.2) is 42.5 Å². The van der Waals surface area contributed by atoms with E-state index in [1.54, 1.807) is 12.1 Å². The number of nitrogens with one attached hydrogen (secondary N) is 1. The van der Waals surface area contributed by atoms with Crippen LogP contribution < -0.4 is 15.0 Å². The summed E-state index contributed by atoms with van der Waals surface area (Å²) in [7, 11) is 0. The van der Waals surface area contributed by atoms with Gasteiger partial charge < -0.3 is 19.9 Å². The molecule has 2 heterocycles. The quantitative estimate of drug-likeness (QED) is 0.747. The molecule has 1 fully saturated rings. The van der Waals surface area contributed by atoms with Crippen LogP contribution in [0, 0.1) is 5.82 Å². The zero-order valence-electron chi connectivity index (χ0n) is 16.3. The number of alkyl halides is 3. The van der Waals surface area contributed by atoms with E-state index in [1.807, 2.05) is 0 Å². The number of hydrogen-bond donors (Lipinski definition) is 1. The number of anilines is 1. The summed E-state index contributed by atoms with van der Waals surface area (Å²) in [5, 5.41) is 2.69. The van der Waals surface area contributed by atoms with Crippen LogP contribution in [0.2, 0.25) is 0 Å². The second-order valence-electron chi connectivity index (χ2n) is 7.37. The Morgan fingerprint density at radius 2 is 1.90 bits per heavy atom. The maximum absolute atomic E-state index is 13.9. The molecule has 1 saturated heterocycles. The van der Waals surface area contributed by atoms with E-state index < -0.39 is 30.1 Å². The molecule has 1 atom stereocenters. The van der Waals surface area contributed by atoms with Crippen LogP contribution in [0.4, 0.5) is 28.0 Å². The Hall–Kier alpha value is -3.30. The lowest BCUT2D eigenvalue weighted by Gasteiger charge is -2.30. The van der Waals surface area contributed by atoms with Crippen molar-refractivity contribution >= 4 is 17.6 Å². The van der Waals surface area contributed by atoms with E-state index >= 15 is 0 Å². The van der Waals surface area contributed by atoms with E-state index in [-0.39, 0.29) is 24.6 Å². The fraction of sp³-hybridized carbons (Fsp3) is 0.333. The number of urea groups is 1. The van der Waals surface area contributed by atoms with Crippen LogP contribution >= 0.6 is 0 Å². The summed E-state index contributed by atoms with van der Waals surface area (Å²) in [6.07, 6.45) is -4.14. The van der Waals surface area contributed by atoms with E-state index in [9.17, 15) is 27.2 Å². The highest BCUT2D eigenvalue weighted by atomic mass is 19.4. The van der Waals surface area contributed by atoms with Crippen molar-refractivity contribution in [1.29, 1.82) is 0 Å². The third-order valence-corrected chi connectivity index (χ3v) is 5.36. The molecule has 0 spiro atoms. The Morgan fingerprint density at radius 3 is 2.68 bits per heavy atom. The van der Waals surface area contributed by atoms with Crippen molar-refractivity contribution in [1.82, 2.24) is 10.2 Å². The summed E-state index contributed by atoms with van der Waals surface area (Å²) in [4.78, 5) is 28.2. The molecule has 0 saturated carbocycles. The van der Waals surface area contributed by atoms with Gasteiger partial charge in [-0.05, 0) is 42.2 Å². The van der Waals surface area contributed by atoms with E-state index in [4.69, 9.17) is 0 Å². The van der Waals surface area contributed by atoms with Gasteiger partial charge in [-0.15, -0.1) is 13.2 Å². The van der Waals surface area contributed by atoms with Crippen molar-refractivity contribution < 1.29 is 31.9 Å². The first-order valence-corrected chi connectivity index (χ1v) is 9.70. The van der Waals surface area contributed by atoms with Crippen molar-refractivity contribution in [3.63, 3.8) is 0 Å². The van der Waals surface area contributed by atoms with E-state index in [0.29, 0.717) is 24.9 Å². The number of benzene rings is 2. The Kier molecular flexibility index (Phi) is 5.47. The Balaban J connectivity index is 1.40. The summed E-state index contributed by atoms with van der Waals surface area (Å²) in [5.74, 6) is -1.14. The van der Waals surface area contributed by atoms with Gasteiger partial charge in [0, 0.05) is 31.4 Å². The molecule has 4 rings (SSSR count). The Labute approximate surface area is 175 Å². The van der Waals surface area contributed by atoms with Crippen molar-refractivity contribution in [2.75, 3.05) is 18.0 Å². The number of ether oxygens (including phenoxy) is 1. The van der Waals surface area contributed by atoms with Gasteiger partial charge in [0.05, 0.1) is 0 Å². The first-order valence-electron chi connectivity index (χ1n) is 9.70. The van der Waals surface area contributed by atoms with Gasteiger partial charge in [0.25, 0.3) is 0 Å². The molecule has 2 aromatic rings. The molecule has 0 aromatic heterocycles. The molecule has 10 heteroatoms. The Bertz CT molecular complexity index is 1010. The van der Waals surface area contributed by atoms with Gasteiger partial charge in [0.2, 0.25) is 5.91 Å². The third-order valence-electron chi connectivity index (χ3n) is 5.36. The summed E-state index contributed by atoms with van der Waals surface area (Å²) >= 11 is 0. The van der Waals surface area contributed by atoms with Crippen molar-refractivity contribution in [3.8, 4) is 5.75 Å². The average molecular weight is 437 g/mol. The van der Waals surface area contributed by atoms with E-state index in [0.717, 1.165) is 17.7 Å². The molecule has 0 radical (unpaired) electrons. The van der Waals surface area contributed by atoms with Gasteiger partial charge in [0.1, 0.15) is 17.6 Å². The average Bonchev–Trinajstić information content (AvgIpc) is 3.07. The number of carbonyl (C=O) groups is 2. The maximum atomic E-state index is 13.9. The molecule has 2 aliphatic heterocycles. The molecule has 2 aliphatic rings. The smallest absolute Gasteiger partial charge is 0.406 e. The molecule has 1 unspecified atom stereocenters. The second kappa shape index (κ2) is 8.09. The molecule has 164 valence electrons. The minimum atomic E-state index is -4.83. The van der Waals surface area contributed by atoms with Gasteiger partial charge >= 0.3 is 12.4 Å². The van der Waals surface area contributed by atoms with Gasteiger partial charge in [-0.1, -0.05) is 18.2 Å². The highest BCUT2D eigenvalue weighted by Crippen LogP contribution is 2.29. The number of hydrogen-bond acceptors (Lipinski definition) is 3. The van der Waals surface area contributed by atoms with Crippen molar-refractivity contribution in [2.45, 2.75) is 31.8 Å². The van der Waals surface area contributed by atoms with E-state index in [2.05, 4.69) is 10.1 Å². The molecule has 2 aromatic carbocycles. The van der Waals surface area contributed by atoms with Crippen LogP contribution in [0.1, 0.15) is 17.5 Å². The summed E-state index contributed by atoms with van der Waals surface area (Å²) in [5.41, 5.74) is 1.57. The molecular weight excluding hydrogens is 418 g/mol. The Morgan fingerprint density at radius 1 is 1.13 bits per heavy atom. The molecular formula is C21H19F4N3O3. The fourth-order valence-electron chi connectivity index (χ4n) is 3.90. The standard InChI is InChI=1S/C21H19F4N3O3/c22-17-6-1-3-13-12-27(9-7-16(13)17)20(30)26-18-8-10-28(19(18)29)14-4-2-5-15(11-14)31-21(23,24)25/h1-6,11,18H,7-10,12H2,(H,26,30). The highest BCUT2D eigenvalue weighted by molar-refractivity contribution is 6.01. The number of amides is 3. The topological polar surface area (TPSA) is 61.9 Å². The predicted molar refractivity (Wildman–Crippen MR) is 103 cm³/mol. The second-order valence-corrected chi connectivity index (χ2v) is 7.37. The molecule has 6 nitrogen and oxygen atoms in total.